The van der Waals surface area contributed by atoms with Gasteiger partial charge in [0.05, 0.1) is 26.4 Å². The molecule has 0 aromatic heterocycles. The quantitative estimate of drug-likeness (QED) is 0.0245. The van der Waals surface area contributed by atoms with Crippen molar-refractivity contribution in [1.29, 1.82) is 0 Å². The summed E-state index contributed by atoms with van der Waals surface area (Å²) in [7, 11) is -4.64. The van der Waals surface area contributed by atoms with Crippen molar-refractivity contribution in [3.8, 4) is 0 Å². The maximum absolute atomic E-state index is 12.3. The molecule has 0 aromatic carbocycles. The minimum absolute atomic E-state index is 0.171. The van der Waals surface area contributed by atoms with Crippen molar-refractivity contribution in [1.82, 2.24) is 0 Å². The molecule has 0 saturated carbocycles. The highest BCUT2D eigenvalue weighted by atomic mass is 31.2. The Morgan fingerprint density at radius 1 is 0.549 bits per heavy atom. The number of allylic oxidation sites excluding steroid dienone is 8. The molecule has 296 valence electrons. The molecule has 11 heteroatoms. The summed E-state index contributed by atoms with van der Waals surface area (Å²) in [5.74, 6) is -1.05. The number of hydrogen-bond donors (Lipinski definition) is 3. The van der Waals surface area contributed by atoms with Crippen LogP contribution in [0.3, 0.4) is 0 Å². The molecule has 3 atom stereocenters. The Hall–Kier alpha value is -2.07. The Morgan fingerprint density at radius 2 is 0.922 bits per heavy atom. The predicted octanol–water partition coefficient (Wildman–Crippen LogP) is 9.78. The summed E-state index contributed by atoms with van der Waals surface area (Å²) >= 11 is 0. The Kier molecular flexibility index (Phi) is 34.8. The van der Waals surface area contributed by atoms with Crippen LogP contribution < -0.4 is 0 Å². The predicted molar refractivity (Wildman–Crippen MR) is 205 cm³/mol. The molecule has 0 aromatic rings. The molecule has 3 N–H and O–H groups in total. The first-order valence-corrected chi connectivity index (χ1v) is 21.1. The van der Waals surface area contributed by atoms with Gasteiger partial charge in [-0.25, -0.2) is 4.57 Å². The lowest BCUT2D eigenvalue weighted by Gasteiger charge is -2.20. The van der Waals surface area contributed by atoms with Crippen LogP contribution in [0.2, 0.25) is 0 Å². The standard InChI is InChI=1S/C40H71O10P/c1-3-5-7-9-11-13-15-17-18-20-22-24-26-28-30-32-40(44)50-38(34-42)36-48-51(45,46)47-35-37(33-41)49-39(43)31-29-27-25-23-21-19-16-14-12-10-8-6-4-2/h5,7,11,13-14,16-18,37-38,41-42H,3-4,6,8-10,12,15,19-36H2,1-2H3,(H,45,46)/b7-5-,13-11-,16-14-,18-17-. The summed E-state index contributed by atoms with van der Waals surface area (Å²) in [5.41, 5.74) is 0. The van der Waals surface area contributed by atoms with E-state index in [1.54, 1.807) is 0 Å². The first-order chi connectivity index (χ1) is 24.8. The van der Waals surface area contributed by atoms with Gasteiger partial charge in [-0.2, -0.15) is 0 Å². The Balaban J connectivity index is 4.01. The molecule has 3 unspecified atom stereocenters. The molecular formula is C40H71O10P. The number of phosphoric ester groups is 1. The highest BCUT2D eigenvalue weighted by molar-refractivity contribution is 7.47. The monoisotopic (exact) mass is 742 g/mol. The number of rotatable bonds is 36. The van der Waals surface area contributed by atoms with Crippen LogP contribution in [0.1, 0.15) is 155 Å². The van der Waals surface area contributed by atoms with Gasteiger partial charge in [-0.1, -0.05) is 120 Å². The van der Waals surface area contributed by atoms with Crippen LogP contribution >= 0.6 is 7.82 Å². The molecule has 0 saturated heterocycles. The second-order valence-electron chi connectivity index (χ2n) is 12.9. The SMILES string of the molecule is CC/C=C\C/C=C\C/C=C\CCCCCCCC(=O)OC(CO)COP(=O)(O)OCC(CO)OC(=O)CCCCCCC/C=C\CCCCCC. The molecule has 0 rings (SSSR count). The van der Waals surface area contributed by atoms with E-state index in [0.29, 0.717) is 12.8 Å². The number of ether oxygens (including phenoxy) is 2. The molecule has 51 heavy (non-hydrogen) atoms. The van der Waals surface area contributed by atoms with Gasteiger partial charge in [0.25, 0.3) is 0 Å². The van der Waals surface area contributed by atoms with Gasteiger partial charge in [0, 0.05) is 12.8 Å². The Bertz CT molecular complexity index is 994. The summed E-state index contributed by atoms with van der Waals surface area (Å²) in [6.07, 6.45) is 36.6. The van der Waals surface area contributed by atoms with Crippen LogP contribution in [0.5, 0.6) is 0 Å². The number of phosphoric acid groups is 1. The number of aliphatic hydroxyl groups excluding tert-OH is 2. The van der Waals surface area contributed by atoms with E-state index in [0.717, 1.165) is 89.9 Å². The lowest BCUT2D eigenvalue weighted by Crippen LogP contribution is -2.28. The lowest BCUT2D eigenvalue weighted by molar-refractivity contribution is -0.153. The van der Waals surface area contributed by atoms with Gasteiger partial charge < -0.3 is 24.6 Å². The fourth-order valence-electron chi connectivity index (χ4n) is 5.00. The molecule has 0 heterocycles. The maximum atomic E-state index is 12.3. The van der Waals surface area contributed by atoms with E-state index >= 15 is 0 Å². The number of carbonyl (C=O) groups is 2. The number of carbonyl (C=O) groups excluding carboxylic acids is 2. The van der Waals surface area contributed by atoms with Gasteiger partial charge in [-0.15, -0.1) is 0 Å². The third-order valence-electron chi connectivity index (χ3n) is 8.03. The fourth-order valence-corrected chi connectivity index (χ4v) is 5.79. The van der Waals surface area contributed by atoms with Crippen molar-refractivity contribution in [3.63, 3.8) is 0 Å². The Morgan fingerprint density at radius 3 is 1.35 bits per heavy atom. The van der Waals surface area contributed by atoms with Crippen molar-refractivity contribution in [2.45, 2.75) is 167 Å². The highest BCUT2D eigenvalue weighted by Crippen LogP contribution is 2.43. The van der Waals surface area contributed by atoms with Crippen molar-refractivity contribution in [3.05, 3.63) is 48.6 Å². The average molecular weight is 743 g/mol. The lowest BCUT2D eigenvalue weighted by atomic mass is 10.1. The van der Waals surface area contributed by atoms with Crippen molar-refractivity contribution < 1.29 is 47.8 Å². The molecule has 0 bridgehead atoms. The third-order valence-corrected chi connectivity index (χ3v) is 8.98. The van der Waals surface area contributed by atoms with E-state index in [4.69, 9.17) is 18.5 Å². The first kappa shape index (κ1) is 48.9. The van der Waals surface area contributed by atoms with E-state index in [1.165, 1.54) is 25.7 Å². The summed E-state index contributed by atoms with van der Waals surface area (Å²) in [4.78, 5) is 34.4. The summed E-state index contributed by atoms with van der Waals surface area (Å²) in [6.45, 7) is 2.03. The van der Waals surface area contributed by atoms with Gasteiger partial charge >= 0.3 is 19.8 Å². The molecule has 0 fully saturated rings. The maximum Gasteiger partial charge on any atom is 0.472 e. The summed E-state index contributed by atoms with van der Waals surface area (Å²) in [6, 6.07) is 0. The van der Waals surface area contributed by atoms with E-state index in [1.807, 2.05) is 0 Å². The second-order valence-corrected chi connectivity index (χ2v) is 14.3. The zero-order chi connectivity index (χ0) is 37.7. The molecule has 10 nitrogen and oxygen atoms in total. The second kappa shape index (κ2) is 36.3. The van der Waals surface area contributed by atoms with E-state index in [-0.39, 0.29) is 12.8 Å². The third kappa shape index (κ3) is 34.8. The van der Waals surface area contributed by atoms with Crippen molar-refractivity contribution in [2.75, 3.05) is 26.4 Å². The normalized spacial score (nSPS) is 14.5. The number of esters is 2. The molecule has 0 aliphatic rings. The zero-order valence-electron chi connectivity index (χ0n) is 31.8. The largest absolute Gasteiger partial charge is 0.472 e. The molecule has 0 spiro atoms. The van der Waals surface area contributed by atoms with Crippen LogP contribution in [0, 0.1) is 0 Å². The molecular weight excluding hydrogens is 671 g/mol. The average Bonchev–Trinajstić information content (AvgIpc) is 3.12. The van der Waals surface area contributed by atoms with Crippen LogP contribution in [-0.4, -0.2) is 65.7 Å². The van der Waals surface area contributed by atoms with Crippen LogP contribution in [0.4, 0.5) is 0 Å². The highest BCUT2D eigenvalue weighted by Gasteiger charge is 2.27. The van der Waals surface area contributed by atoms with E-state index in [9.17, 15) is 29.3 Å². The van der Waals surface area contributed by atoms with Crippen molar-refractivity contribution in [2.24, 2.45) is 0 Å². The smallest absolute Gasteiger partial charge is 0.457 e. The topological polar surface area (TPSA) is 149 Å². The minimum Gasteiger partial charge on any atom is -0.457 e. The van der Waals surface area contributed by atoms with E-state index in [2.05, 4.69) is 62.5 Å². The fraction of sp³-hybridized carbons (Fsp3) is 0.750. The molecule has 0 radical (unpaired) electrons. The van der Waals surface area contributed by atoms with Gasteiger partial charge in [-0.3, -0.25) is 18.6 Å². The molecule has 0 aliphatic heterocycles. The Labute approximate surface area is 309 Å². The number of aliphatic hydroxyl groups is 2. The molecule has 0 aliphatic carbocycles. The van der Waals surface area contributed by atoms with Crippen molar-refractivity contribution >= 4 is 19.8 Å². The van der Waals surface area contributed by atoms with Gasteiger partial charge in [-0.05, 0) is 70.6 Å². The summed E-state index contributed by atoms with van der Waals surface area (Å²) < 4.78 is 32.4. The van der Waals surface area contributed by atoms with Crippen LogP contribution in [0.25, 0.3) is 0 Å². The minimum atomic E-state index is -4.64. The van der Waals surface area contributed by atoms with Crippen LogP contribution in [-0.2, 0) is 32.7 Å². The van der Waals surface area contributed by atoms with E-state index < -0.39 is 58.4 Å². The van der Waals surface area contributed by atoms with Gasteiger partial charge in [0.15, 0.2) is 0 Å². The van der Waals surface area contributed by atoms with Crippen LogP contribution in [0.15, 0.2) is 48.6 Å². The van der Waals surface area contributed by atoms with Gasteiger partial charge in [0.1, 0.15) is 12.2 Å². The zero-order valence-corrected chi connectivity index (χ0v) is 32.7. The van der Waals surface area contributed by atoms with Gasteiger partial charge in [0.2, 0.25) is 0 Å². The number of unbranched alkanes of at least 4 members (excludes halogenated alkanes) is 14. The number of hydrogen-bond acceptors (Lipinski definition) is 9. The summed E-state index contributed by atoms with van der Waals surface area (Å²) in [5, 5.41) is 19.1. The molecule has 0 amide bonds. The first-order valence-electron chi connectivity index (χ1n) is 19.6.